The standard InChI is InChI=1S/C11H13ClN4O/c1-2-17-7-10-14-11(16-15-10)13-9-6-4-3-5-8(9)12/h3-6H,2,7H2,1H3,(H2,13,14,15,16). The number of para-hydroxylation sites is 1. The van der Waals surface area contributed by atoms with E-state index in [4.69, 9.17) is 16.3 Å². The average Bonchev–Trinajstić information content (AvgIpc) is 2.77. The van der Waals surface area contributed by atoms with E-state index in [2.05, 4.69) is 20.5 Å². The van der Waals surface area contributed by atoms with Crippen LogP contribution in [-0.4, -0.2) is 21.8 Å². The Bertz CT molecular complexity index is 486. The zero-order valence-electron chi connectivity index (χ0n) is 9.40. The average molecular weight is 253 g/mol. The minimum Gasteiger partial charge on any atom is -0.374 e. The van der Waals surface area contributed by atoms with Gasteiger partial charge in [0.2, 0.25) is 5.95 Å². The third-order valence-corrected chi connectivity index (χ3v) is 2.42. The Hall–Kier alpha value is -1.59. The molecule has 0 radical (unpaired) electrons. The van der Waals surface area contributed by atoms with Crippen molar-refractivity contribution in [2.75, 3.05) is 11.9 Å². The number of rotatable bonds is 5. The Kier molecular flexibility index (Phi) is 3.95. The van der Waals surface area contributed by atoms with Crippen LogP contribution in [0.25, 0.3) is 0 Å². The Morgan fingerprint density at radius 2 is 2.24 bits per heavy atom. The molecule has 0 saturated heterocycles. The summed E-state index contributed by atoms with van der Waals surface area (Å²) in [6, 6.07) is 7.42. The number of nitrogens with one attached hydrogen (secondary N) is 2. The first-order chi connectivity index (χ1) is 8.29. The number of nitrogens with zero attached hydrogens (tertiary/aromatic N) is 2. The van der Waals surface area contributed by atoms with Crippen molar-refractivity contribution in [1.82, 2.24) is 15.2 Å². The highest BCUT2D eigenvalue weighted by atomic mass is 35.5. The van der Waals surface area contributed by atoms with Crippen LogP contribution in [-0.2, 0) is 11.3 Å². The number of hydrogen-bond acceptors (Lipinski definition) is 4. The van der Waals surface area contributed by atoms with E-state index < -0.39 is 0 Å². The highest BCUT2D eigenvalue weighted by Crippen LogP contribution is 2.22. The SMILES string of the molecule is CCOCc1nc(Nc2ccccc2Cl)n[nH]1. The summed E-state index contributed by atoms with van der Waals surface area (Å²) < 4.78 is 5.22. The van der Waals surface area contributed by atoms with Gasteiger partial charge in [-0.1, -0.05) is 23.7 Å². The van der Waals surface area contributed by atoms with Gasteiger partial charge >= 0.3 is 0 Å². The molecular formula is C11H13ClN4O. The van der Waals surface area contributed by atoms with E-state index in [1.165, 1.54) is 0 Å². The quantitative estimate of drug-likeness (QED) is 0.859. The van der Waals surface area contributed by atoms with Crippen LogP contribution in [0.4, 0.5) is 11.6 Å². The number of aromatic nitrogens is 3. The maximum atomic E-state index is 6.01. The number of anilines is 2. The van der Waals surface area contributed by atoms with Crippen LogP contribution in [0.15, 0.2) is 24.3 Å². The van der Waals surface area contributed by atoms with E-state index in [0.29, 0.717) is 30.0 Å². The molecule has 0 spiro atoms. The summed E-state index contributed by atoms with van der Waals surface area (Å²) in [5, 5.41) is 10.5. The summed E-state index contributed by atoms with van der Waals surface area (Å²) in [5.41, 5.74) is 0.774. The smallest absolute Gasteiger partial charge is 0.246 e. The summed E-state index contributed by atoms with van der Waals surface area (Å²) in [7, 11) is 0. The predicted molar refractivity (Wildman–Crippen MR) is 66.4 cm³/mol. The molecule has 0 fully saturated rings. The van der Waals surface area contributed by atoms with Gasteiger partial charge in [-0.05, 0) is 19.1 Å². The fraction of sp³-hybridized carbons (Fsp3) is 0.273. The minimum absolute atomic E-state index is 0.424. The zero-order valence-corrected chi connectivity index (χ0v) is 10.2. The van der Waals surface area contributed by atoms with Gasteiger partial charge in [-0.3, -0.25) is 5.10 Å². The van der Waals surface area contributed by atoms with Crippen LogP contribution in [0, 0.1) is 0 Å². The molecule has 0 saturated carbocycles. The minimum atomic E-state index is 0.424. The fourth-order valence-corrected chi connectivity index (χ4v) is 1.48. The summed E-state index contributed by atoms with van der Waals surface area (Å²) in [6.45, 7) is 3.00. The van der Waals surface area contributed by atoms with Crippen molar-refractivity contribution < 1.29 is 4.74 Å². The molecule has 1 aromatic heterocycles. The maximum Gasteiger partial charge on any atom is 0.246 e. The van der Waals surface area contributed by atoms with Crippen LogP contribution in [0.3, 0.4) is 0 Å². The first kappa shape index (κ1) is 11.9. The summed E-state index contributed by atoms with van der Waals surface area (Å²) >= 11 is 6.01. The van der Waals surface area contributed by atoms with E-state index in [1.807, 2.05) is 25.1 Å². The number of aromatic amines is 1. The van der Waals surface area contributed by atoms with Crippen LogP contribution < -0.4 is 5.32 Å². The molecule has 1 heterocycles. The fourth-order valence-electron chi connectivity index (χ4n) is 1.30. The normalized spacial score (nSPS) is 10.5. The first-order valence-corrected chi connectivity index (χ1v) is 5.68. The predicted octanol–water partition coefficient (Wildman–Crippen LogP) is 2.74. The van der Waals surface area contributed by atoms with E-state index >= 15 is 0 Å². The van der Waals surface area contributed by atoms with Gasteiger partial charge in [0.05, 0.1) is 10.7 Å². The number of benzene rings is 1. The van der Waals surface area contributed by atoms with Crippen molar-refractivity contribution in [3.05, 3.63) is 35.1 Å². The van der Waals surface area contributed by atoms with Crippen molar-refractivity contribution in [3.8, 4) is 0 Å². The monoisotopic (exact) mass is 252 g/mol. The molecule has 17 heavy (non-hydrogen) atoms. The van der Waals surface area contributed by atoms with Gasteiger partial charge in [-0.15, -0.1) is 5.10 Å². The van der Waals surface area contributed by atoms with E-state index in [0.717, 1.165) is 5.69 Å². The third-order valence-electron chi connectivity index (χ3n) is 2.09. The maximum absolute atomic E-state index is 6.01. The van der Waals surface area contributed by atoms with Crippen molar-refractivity contribution in [2.24, 2.45) is 0 Å². The number of halogens is 1. The molecule has 0 amide bonds. The molecule has 0 atom stereocenters. The van der Waals surface area contributed by atoms with Gasteiger partial charge in [0.25, 0.3) is 0 Å². The van der Waals surface area contributed by atoms with E-state index in [9.17, 15) is 0 Å². The highest BCUT2D eigenvalue weighted by molar-refractivity contribution is 6.33. The lowest BCUT2D eigenvalue weighted by atomic mass is 10.3. The van der Waals surface area contributed by atoms with Gasteiger partial charge in [0.1, 0.15) is 6.61 Å². The van der Waals surface area contributed by atoms with Crippen LogP contribution >= 0.6 is 11.6 Å². The van der Waals surface area contributed by atoms with E-state index in [-0.39, 0.29) is 0 Å². The lowest BCUT2D eigenvalue weighted by molar-refractivity contribution is 0.128. The van der Waals surface area contributed by atoms with Crippen LogP contribution in [0.2, 0.25) is 5.02 Å². The Labute approximate surface area is 104 Å². The van der Waals surface area contributed by atoms with Gasteiger partial charge in [-0.2, -0.15) is 4.98 Å². The molecule has 2 aromatic rings. The largest absolute Gasteiger partial charge is 0.374 e. The molecule has 0 aliphatic heterocycles. The van der Waals surface area contributed by atoms with E-state index in [1.54, 1.807) is 6.07 Å². The Balaban J connectivity index is 2.04. The van der Waals surface area contributed by atoms with Crippen molar-refractivity contribution in [3.63, 3.8) is 0 Å². The molecule has 5 nitrogen and oxygen atoms in total. The molecule has 2 rings (SSSR count). The van der Waals surface area contributed by atoms with Crippen LogP contribution in [0.5, 0.6) is 0 Å². The third kappa shape index (κ3) is 3.18. The number of ether oxygens (including phenoxy) is 1. The van der Waals surface area contributed by atoms with Crippen LogP contribution in [0.1, 0.15) is 12.7 Å². The number of hydrogen-bond donors (Lipinski definition) is 2. The van der Waals surface area contributed by atoms with Crippen molar-refractivity contribution in [2.45, 2.75) is 13.5 Å². The molecule has 1 aromatic carbocycles. The van der Waals surface area contributed by atoms with Crippen molar-refractivity contribution >= 4 is 23.2 Å². The second-order valence-corrected chi connectivity index (χ2v) is 3.75. The summed E-state index contributed by atoms with van der Waals surface area (Å²) in [6.07, 6.45) is 0. The lowest BCUT2D eigenvalue weighted by Gasteiger charge is -2.02. The molecule has 0 bridgehead atoms. The lowest BCUT2D eigenvalue weighted by Crippen LogP contribution is -1.95. The van der Waals surface area contributed by atoms with Gasteiger partial charge in [-0.25, -0.2) is 0 Å². The first-order valence-electron chi connectivity index (χ1n) is 5.30. The molecule has 2 N–H and O–H groups in total. The number of H-pyrrole nitrogens is 1. The second kappa shape index (κ2) is 5.65. The molecule has 6 heteroatoms. The Morgan fingerprint density at radius 3 is 3.00 bits per heavy atom. The summed E-state index contributed by atoms with van der Waals surface area (Å²) in [5.74, 6) is 1.16. The zero-order chi connectivity index (χ0) is 12.1. The van der Waals surface area contributed by atoms with Gasteiger partial charge < -0.3 is 10.1 Å². The Morgan fingerprint density at radius 1 is 1.41 bits per heavy atom. The summed E-state index contributed by atoms with van der Waals surface area (Å²) in [4.78, 5) is 4.22. The molecule has 0 unspecified atom stereocenters. The molecule has 0 aliphatic carbocycles. The second-order valence-electron chi connectivity index (χ2n) is 3.35. The van der Waals surface area contributed by atoms with Gasteiger partial charge in [0.15, 0.2) is 5.82 Å². The van der Waals surface area contributed by atoms with Gasteiger partial charge in [0, 0.05) is 6.61 Å². The molecular weight excluding hydrogens is 240 g/mol. The van der Waals surface area contributed by atoms with Crippen molar-refractivity contribution in [1.29, 1.82) is 0 Å². The highest BCUT2D eigenvalue weighted by Gasteiger charge is 2.05. The molecule has 0 aliphatic rings. The molecule has 90 valence electrons. The topological polar surface area (TPSA) is 62.8 Å².